The number of rotatable bonds is 3. The van der Waals surface area contributed by atoms with Crippen LogP contribution in [0.3, 0.4) is 0 Å². The number of aromatic nitrogens is 3. The number of nitrogens with zero attached hydrogens (tertiary/aromatic N) is 4. The molecule has 112 valence electrons. The molecule has 0 unspecified atom stereocenters. The van der Waals surface area contributed by atoms with Gasteiger partial charge in [0.2, 0.25) is 0 Å². The van der Waals surface area contributed by atoms with Crippen LogP contribution in [0.5, 0.6) is 0 Å². The second kappa shape index (κ2) is 5.44. The second-order valence-corrected chi connectivity index (χ2v) is 6.05. The van der Waals surface area contributed by atoms with Crippen LogP contribution in [0, 0.1) is 12.8 Å². The molecule has 1 atom stereocenters. The number of carbonyl (C=O) groups excluding carboxylic acids is 1. The van der Waals surface area contributed by atoms with E-state index in [0.29, 0.717) is 11.2 Å². The van der Waals surface area contributed by atoms with Gasteiger partial charge in [-0.15, -0.1) is 10.2 Å². The molecule has 0 aliphatic carbocycles. The van der Waals surface area contributed by atoms with Gasteiger partial charge in [-0.2, -0.15) is 0 Å². The van der Waals surface area contributed by atoms with Gasteiger partial charge in [-0.05, 0) is 43.9 Å². The van der Waals surface area contributed by atoms with E-state index in [1.54, 1.807) is 0 Å². The zero-order valence-corrected chi connectivity index (χ0v) is 12.5. The van der Waals surface area contributed by atoms with Gasteiger partial charge in [-0.25, -0.2) is 0 Å². The van der Waals surface area contributed by atoms with Gasteiger partial charge in [0.15, 0.2) is 5.65 Å². The molecule has 0 saturated carbocycles. The number of hydrogen-bond acceptors (Lipinski definition) is 4. The number of pyridine rings is 1. The van der Waals surface area contributed by atoms with Crippen molar-refractivity contribution in [2.24, 2.45) is 11.7 Å². The van der Waals surface area contributed by atoms with Gasteiger partial charge in [-0.3, -0.25) is 14.1 Å². The van der Waals surface area contributed by atoms with Crippen LogP contribution in [0.15, 0.2) is 12.3 Å². The van der Waals surface area contributed by atoms with Crippen LogP contribution in [-0.2, 0) is 6.54 Å². The molecular weight excluding hydrogens is 266 g/mol. The Bertz CT molecular complexity index is 678. The van der Waals surface area contributed by atoms with Crippen LogP contribution in [-0.4, -0.2) is 38.5 Å². The van der Waals surface area contributed by atoms with Gasteiger partial charge in [0.1, 0.15) is 5.82 Å². The Kier molecular flexibility index (Phi) is 3.63. The van der Waals surface area contributed by atoms with Gasteiger partial charge in [0.05, 0.1) is 5.56 Å². The highest BCUT2D eigenvalue weighted by atomic mass is 16.1. The van der Waals surface area contributed by atoms with Crippen LogP contribution < -0.4 is 5.73 Å². The lowest BCUT2D eigenvalue weighted by molar-refractivity contribution is 0.100. The zero-order chi connectivity index (χ0) is 15.0. The van der Waals surface area contributed by atoms with E-state index < -0.39 is 5.91 Å². The third kappa shape index (κ3) is 2.76. The first-order chi connectivity index (χ1) is 10.0. The fourth-order valence-corrected chi connectivity index (χ4v) is 3.12. The van der Waals surface area contributed by atoms with Crippen LogP contribution in [0.4, 0.5) is 0 Å². The van der Waals surface area contributed by atoms with Crippen molar-refractivity contribution in [3.8, 4) is 0 Å². The SMILES string of the molecule is Cc1nnc2c(C(N)=O)cc(CN3CCC[C@H](C)C3)cn12. The van der Waals surface area contributed by atoms with Crippen LogP contribution >= 0.6 is 0 Å². The quantitative estimate of drug-likeness (QED) is 0.925. The Morgan fingerprint density at radius 2 is 2.29 bits per heavy atom. The number of aryl methyl sites for hydroxylation is 1. The van der Waals surface area contributed by atoms with Crippen LogP contribution in [0.2, 0.25) is 0 Å². The fourth-order valence-electron chi connectivity index (χ4n) is 3.12. The molecule has 21 heavy (non-hydrogen) atoms. The first-order valence-electron chi connectivity index (χ1n) is 7.41. The second-order valence-electron chi connectivity index (χ2n) is 6.05. The van der Waals surface area contributed by atoms with Crippen molar-refractivity contribution in [2.75, 3.05) is 13.1 Å². The Balaban J connectivity index is 1.94. The van der Waals surface area contributed by atoms with Crippen molar-refractivity contribution >= 4 is 11.6 Å². The Labute approximate surface area is 123 Å². The van der Waals surface area contributed by atoms with E-state index in [1.807, 2.05) is 23.6 Å². The predicted molar refractivity (Wildman–Crippen MR) is 79.9 cm³/mol. The van der Waals surface area contributed by atoms with E-state index in [-0.39, 0.29) is 0 Å². The highest BCUT2D eigenvalue weighted by molar-refractivity contribution is 5.98. The summed E-state index contributed by atoms with van der Waals surface area (Å²) in [5, 5.41) is 8.07. The summed E-state index contributed by atoms with van der Waals surface area (Å²) in [6.45, 7) is 7.20. The first-order valence-corrected chi connectivity index (χ1v) is 7.41. The van der Waals surface area contributed by atoms with E-state index in [9.17, 15) is 4.79 Å². The normalized spacial score (nSPS) is 20.0. The average molecular weight is 287 g/mol. The van der Waals surface area contributed by atoms with E-state index >= 15 is 0 Å². The third-order valence-corrected chi connectivity index (χ3v) is 4.14. The Morgan fingerprint density at radius 1 is 1.48 bits per heavy atom. The number of likely N-dealkylation sites (tertiary alicyclic amines) is 1. The lowest BCUT2D eigenvalue weighted by Crippen LogP contribution is -2.33. The number of carbonyl (C=O) groups is 1. The van der Waals surface area contributed by atoms with Gasteiger partial charge < -0.3 is 5.73 Å². The molecule has 2 aromatic heterocycles. The topological polar surface area (TPSA) is 76.5 Å². The van der Waals surface area contributed by atoms with Crippen LogP contribution in [0.1, 0.15) is 41.5 Å². The predicted octanol–water partition coefficient (Wildman–Crippen LogP) is 1.37. The Hall–Kier alpha value is -1.95. The minimum atomic E-state index is -0.457. The number of piperidine rings is 1. The maximum absolute atomic E-state index is 11.6. The van der Waals surface area contributed by atoms with E-state index in [4.69, 9.17) is 5.73 Å². The van der Waals surface area contributed by atoms with Gasteiger partial charge in [-0.1, -0.05) is 6.92 Å². The summed E-state index contributed by atoms with van der Waals surface area (Å²) in [4.78, 5) is 14.1. The minimum Gasteiger partial charge on any atom is -0.365 e. The molecule has 1 aliphatic heterocycles. The molecule has 1 amide bonds. The number of hydrogen-bond donors (Lipinski definition) is 1. The lowest BCUT2D eigenvalue weighted by Gasteiger charge is -2.30. The highest BCUT2D eigenvalue weighted by Crippen LogP contribution is 2.19. The van der Waals surface area contributed by atoms with Crippen molar-refractivity contribution < 1.29 is 4.79 Å². The number of nitrogens with two attached hydrogens (primary N) is 1. The number of amides is 1. The summed E-state index contributed by atoms with van der Waals surface area (Å²) < 4.78 is 1.85. The molecular formula is C15H21N5O. The van der Waals surface area contributed by atoms with E-state index in [2.05, 4.69) is 22.0 Å². The summed E-state index contributed by atoms with van der Waals surface area (Å²) in [6, 6.07) is 1.85. The average Bonchev–Trinajstić information content (AvgIpc) is 2.80. The van der Waals surface area contributed by atoms with Crippen molar-refractivity contribution in [1.29, 1.82) is 0 Å². The summed E-state index contributed by atoms with van der Waals surface area (Å²) in [5.41, 5.74) is 7.54. The largest absolute Gasteiger partial charge is 0.365 e. The molecule has 1 saturated heterocycles. The molecule has 0 spiro atoms. The van der Waals surface area contributed by atoms with Crippen molar-refractivity contribution in [3.63, 3.8) is 0 Å². The molecule has 0 aromatic carbocycles. The number of fused-ring (bicyclic) bond motifs is 1. The van der Waals surface area contributed by atoms with Crippen molar-refractivity contribution in [3.05, 3.63) is 29.2 Å². The van der Waals surface area contributed by atoms with Gasteiger partial charge in [0, 0.05) is 19.3 Å². The Morgan fingerprint density at radius 3 is 3.00 bits per heavy atom. The molecule has 0 radical (unpaired) electrons. The van der Waals surface area contributed by atoms with E-state index in [0.717, 1.165) is 36.9 Å². The molecule has 6 heteroatoms. The zero-order valence-electron chi connectivity index (χ0n) is 12.5. The highest BCUT2D eigenvalue weighted by Gasteiger charge is 2.18. The molecule has 1 fully saturated rings. The first kappa shape index (κ1) is 14.0. The number of primary amides is 1. The van der Waals surface area contributed by atoms with E-state index in [1.165, 1.54) is 12.8 Å². The smallest absolute Gasteiger partial charge is 0.252 e. The maximum atomic E-state index is 11.6. The summed E-state index contributed by atoms with van der Waals surface area (Å²) in [5.74, 6) is 1.04. The van der Waals surface area contributed by atoms with Gasteiger partial charge >= 0.3 is 0 Å². The third-order valence-electron chi connectivity index (χ3n) is 4.14. The van der Waals surface area contributed by atoms with Crippen LogP contribution in [0.25, 0.3) is 5.65 Å². The summed E-state index contributed by atoms with van der Waals surface area (Å²) in [6.07, 6.45) is 4.54. The fraction of sp³-hybridized carbons (Fsp3) is 0.533. The van der Waals surface area contributed by atoms with Gasteiger partial charge in [0.25, 0.3) is 5.91 Å². The molecule has 6 nitrogen and oxygen atoms in total. The summed E-state index contributed by atoms with van der Waals surface area (Å²) in [7, 11) is 0. The lowest BCUT2D eigenvalue weighted by atomic mass is 10.00. The molecule has 0 bridgehead atoms. The molecule has 2 aromatic rings. The van der Waals surface area contributed by atoms with Crippen molar-refractivity contribution in [1.82, 2.24) is 19.5 Å². The van der Waals surface area contributed by atoms with Crippen molar-refractivity contribution in [2.45, 2.75) is 33.2 Å². The summed E-state index contributed by atoms with van der Waals surface area (Å²) >= 11 is 0. The molecule has 1 aliphatic rings. The standard InChI is InChI=1S/C15H21N5O/c1-10-4-3-5-19(7-10)8-12-6-13(14(16)21)15-18-17-11(2)20(15)9-12/h6,9-10H,3-5,7-8H2,1-2H3,(H2,16,21)/t10-/m0/s1. The molecule has 2 N–H and O–H groups in total. The molecule has 3 rings (SSSR count). The molecule has 3 heterocycles. The minimum absolute atomic E-state index is 0.443. The monoisotopic (exact) mass is 287 g/mol. The maximum Gasteiger partial charge on any atom is 0.252 e.